The van der Waals surface area contributed by atoms with E-state index in [1.807, 2.05) is 46.3 Å². The van der Waals surface area contributed by atoms with E-state index in [4.69, 9.17) is 0 Å². The van der Waals surface area contributed by atoms with Gasteiger partial charge in [0, 0.05) is 28.5 Å². The minimum absolute atomic E-state index is 0.0444. The van der Waals surface area contributed by atoms with Crippen molar-refractivity contribution >= 4 is 37.7 Å². The van der Waals surface area contributed by atoms with E-state index < -0.39 is 9.84 Å². The quantitative estimate of drug-likeness (QED) is 0.506. The fourth-order valence-corrected chi connectivity index (χ4v) is 4.74. The maximum atomic E-state index is 12.5. The average molecular weight is 426 g/mol. The molecule has 6 nitrogen and oxygen atoms in total. The number of imidazole rings is 1. The van der Waals surface area contributed by atoms with E-state index in [9.17, 15) is 13.2 Å². The first-order valence-corrected chi connectivity index (χ1v) is 11.6. The van der Waals surface area contributed by atoms with Crippen molar-refractivity contribution < 1.29 is 13.2 Å². The third kappa shape index (κ3) is 4.08. The lowest BCUT2D eigenvalue weighted by atomic mass is 10.2. The van der Waals surface area contributed by atoms with Crippen LogP contribution in [0, 0.1) is 0 Å². The Balaban J connectivity index is 1.49. The summed E-state index contributed by atoms with van der Waals surface area (Å²) < 4.78 is 25.7. The Hall–Kier alpha value is -2.97. The molecule has 0 atom stereocenters. The molecule has 0 aliphatic carbocycles. The van der Waals surface area contributed by atoms with Crippen LogP contribution < -0.4 is 5.32 Å². The SMILES string of the molecule is CCS(=O)(=O)c1ccc(NC(=O)Cc2csc3nc(-c4ccccc4)cn23)cc1. The van der Waals surface area contributed by atoms with Gasteiger partial charge in [-0.15, -0.1) is 11.3 Å². The van der Waals surface area contributed by atoms with E-state index in [1.54, 1.807) is 19.1 Å². The Morgan fingerprint density at radius 3 is 2.52 bits per heavy atom. The van der Waals surface area contributed by atoms with E-state index in [1.165, 1.54) is 23.5 Å². The largest absolute Gasteiger partial charge is 0.326 e. The average Bonchev–Trinajstić information content (AvgIpc) is 3.31. The summed E-state index contributed by atoms with van der Waals surface area (Å²) in [6, 6.07) is 16.1. The lowest BCUT2D eigenvalue weighted by Crippen LogP contribution is -2.15. The minimum atomic E-state index is -3.25. The van der Waals surface area contributed by atoms with Gasteiger partial charge in [0.25, 0.3) is 0 Å². The second kappa shape index (κ2) is 7.81. The van der Waals surface area contributed by atoms with E-state index in [0.29, 0.717) is 5.69 Å². The first-order chi connectivity index (χ1) is 14.0. The molecule has 0 saturated heterocycles. The predicted octanol–water partition coefficient (Wildman–Crippen LogP) is 4.04. The third-order valence-corrected chi connectivity index (χ3v) is 7.21. The Bertz CT molecular complexity index is 1260. The van der Waals surface area contributed by atoms with Crippen molar-refractivity contribution in [1.82, 2.24) is 9.38 Å². The number of nitrogens with one attached hydrogen (secondary N) is 1. The summed E-state index contributed by atoms with van der Waals surface area (Å²) in [5, 5.41) is 4.74. The summed E-state index contributed by atoms with van der Waals surface area (Å²) in [5.41, 5.74) is 3.31. The second-order valence-corrected chi connectivity index (χ2v) is 9.64. The zero-order valence-electron chi connectivity index (χ0n) is 15.7. The highest BCUT2D eigenvalue weighted by Crippen LogP contribution is 2.24. The van der Waals surface area contributed by atoms with Crippen LogP contribution in [0.4, 0.5) is 5.69 Å². The number of carbonyl (C=O) groups excluding carboxylic acids is 1. The smallest absolute Gasteiger partial charge is 0.230 e. The van der Waals surface area contributed by atoms with Crippen molar-refractivity contribution in [1.29, 1.82) is 0 Å². The van der Waals surface area contributed by atoms with Crippen molar-refractivity contribution in [2.45, 2.75) is 18.2 Å². The second-order valence-electron chi connectivity index (χ2n) is 6.52. The number of aromatic nitrogens is 2. The normalized spacial score (nSPS) is 11.6. The topological polar surface area (TPSA) is 80.5 Å². The molecule has 0 aliphatic heterocycles. The molecule has 1 amide bonds. The van der Waals surface area contributed by atoms with Gasteiger partial charge in [-0.1, -0.05) is 37.3 Å². The lowest BCUT2D eigenvalue weighted by molar-refractivity contribution is -0.115. The number of sulfone groups is 1. The van der Waals surface area contributed by atoms with Crippen LogP contribution in [-0.4, -0.2) is 29.5 Å². The number of rotatable bonds is 6. The van der Waals surface area contributed by atoms with E-state index in [0.717, 1.165) is 21.9 Å². The van der Waals surface area contributed by atoms with Crippen LogP contribution in [0.25, 0.3) is 16.2 Å². The van der Waals surface area contributed by atoms with Gasteiger partial charge in [0.05, 0.1) is 22.8 Å². The highest BCUT2D eigenvalue weighted by molar-refractivity contribution is 7.91. The fraction of sp³-hybridized carbons (Fsp3) is 0.143. The number of carbonyl (C=O) groups is 1. The summed E-state index contributed by atoms with van der Waals surface area (Å²) in [7, 11) is -3.25. The zero-order chi connectivity index (χ0) is 20.4. The van der Waals surface area contributed by atoms with Gasteiger partial charge in [0.1, 0.15) is 0 Å². The summed E-state index contributed by atoms with van der Waals surface area (Å²) in [6.07, 6.45) is 2.13. The van der Waals surface area contributed by atoms with Crippen molar-refractivity contribution in [3.63, 3.8) is 0 Å². The summed E-state index contributed by atoms with van der Waals surface area (Å²) in [5.74, 6) is -0.131. The molecule has 0 fully saturated rings. The highest BCUT2D eigenvalue weighted by Gasteiger charge is 2.14. The molecule has 1 N–H and O–H groups in total. The molecule has 4 rings (SSSR count). The molecule has 2 aromatic heterocycles. The number of nitrogens with zero attached hydrogens (tertiary/aromatic N) is 2. The Morgan fingerprint density at radius 1 is 1.10 bits per heavy atom. The number of amides is 1. The molecule has 0 unspecified atom stereocenters. The number of fused-ring (bicyclic) bond motifs is 1. The first-order valence-electron chi connectivity index (χ1n) is 9.10. The standard InChI is InChI=1S/C21H19N3O3S2/c1-2-29(26,27)18-10-8-16(9-11-18)22-20(25)12-17-14-28-21-23-19(13-24(17)21)15-6-4-3-5-7-15/h3-11,13-14H,2,12H2,1H3,(H,22,25). The number of hydrogen-bond donors (Lipinski definition) is 1. The molecule has 0 saturated carbocycles. The van der Waals surface area contributed by atoms with Crippen molar-refractivity contribution in [2.75, 3.05) is 11.1 Å². The Kier molecular flexibility index (Phi) is 5.21. The van der Waals surface area contributed by atoms with Gasteiger partial charge in [0.2, 0.25) is 5.91 Å². The minimum Gasteiger partial charge on any atom is -0.326 e. The maximum absolute atomic E-state index is 12.5. The number of thiazole rings is 1. The molecule has 2 heterocycles. The Morgan fingerprint density at radius 2 is 1.83 bits per heavy atom. The van der Waals surface area contributed by atoms with Crippen LogP contribution in [0.5, 0.6) is 0 Å². The molecular formula is C21H19N3O3S2. The van der Waals surface area contributed by atoms with Crippen LogP contribution in [-0.2, 0) is 21.1 Å². The summed E-state index contributed by atoms with van der Waals surface area (Å²) in [6.45, 7) is 1.60. The van der Waals surface area contributed by atoms with Gasteiger partial charge < -0.3 is 5.32 Å². The maximum Gasteiger partial charge on any atom is 0.230 e. The van der Waals surface area contributed by atoms with Crippen molar-refractivity contribution in [3.05, 3.63) is 71.9 Å². The van der Waals surface area contributed by atoms with Gasteiger partial charge in [0.15, 0.2) is 14.8 Å². The Labute approximate surface area is 172 Å². The molecule has 2 aromatic carbocycles. The van der Waals surface area contributed by atoms with Gasteiger partial charge in [-0.3, -0.25) is 9.20 Å². The van der Waals surface area contributed by atoms with Crippen LogP contribution >= 0.6 is 11.3 Å². The third-order valence-electron chi connectivity index (χ3n) is 4.57. The summed E-state index contributed by atoms with van der Waals surface area (Å²) >= 11 is 1.49. The lowest BCUT2D eigenvalue weighted by Gasteiger charge is -2.06. The molecule has 0 bridgehead atoms. The predicted molar refractivity (Wildman–Crippen MR) is 115 cm³/mol. The monoisotopic (exact) mass is 425 g/mol. The number of hydrogen-bond acceptors (Lipinski definition) is 5. The molecule has 148 valence electrons. The molecule has 4 aromatic rings. The molecular weight excluding hydrogens is 406 g/mol. The van der Waals surface area contributed by atoms with Crippen LogP contribution in [0.2, 0.25) is 0 Å². The van der Waals surface area contributed by atoms with Crippen molar-refractivity contribution in [3.8, 4) is 11.3 Å². The molecule has 0 spiro atoms. The molecule has 0 aliphatic rings. The fourth-order valence-electron chi connectivity index (χ4n) is 2.99. The zero-order valence-corrected chi connectivity index (χ0v) is 17.3. The van der Waals surface area contributed by atoms with Gasteiger partial charge >= 0.3 is 0 Å². The van der Waals surface area contributed by atoms with E-state index in [-0.39, 0.29) is 23.0 Å². The molecule has 29 heavy (non-hydrogen) atoms. The highest BCUT2D eigenvalue weighted by atomic mass is 32.2. The van der Waals surface area contributed by atoms with Crippen molar-refractivity contribution in [2.24, 2.45) is 0 Å². The van der Waals surface area contributed by atoms with Gasteiger partial charge in [-0.05, 0) is 24.3 Å². The molecule has 0 radical (unpaired) electrons. The van der Waals surface area contributed by atoms with E-state index in [2.05, 4.69) is 10.3 Å². The van der Waals surface area contributed by atoms with E-state index >= 15 is 0 Å². The number of anilines is 1. The summed E-state index contributed by atoms with van der Waals surface area (Å²) in [4.78, 5) is 18.2. The van der Waals surface area contributed by atoms with Crippen LogP contribution in [0.15, 0.2) is 71.1 Å². The van der Waals surface area contributed by atoms with Crippen LogP contribution in [0.1, 0.15) is 12.6 Å². The van der Waals surface area contributed by atoms with Crippen LogP contribution in [0.3, 0.4) is 0 Å². The molecule has 8 heteroatoms. The van der Waals surface area contributed by atoms with Gasteiger partial charge in [-0.25, -0.2) is 13.4 Å². The van der Waals surface area contributed by atoms with Gasteiger partial charge in [-0.2, -0.15) is 0 Å². The first kappa shape index (κ1) is 19.4. The number of benzene rings is 2.